The summed E-state index contributed by atoms with van der Waals surface area (Å²) in [5.74, 6) is 3.11. The molecule has 2 heterocycles. The van der Waals surface area contributed by atoms with Crippen molar-refractivity contribution in [3.8, 4) is 22.9 Å². The van der Waals surface area contributed by atoms with Gasteiger partial charge < -0.3 is 14.2 Å². The maximum absolute atomic E-state index is 13.7. The van der Waals surface area contributed by atoms with Gasteiger partial charge in [-0.05, 0) is 25.0 Å². The van der Waals surface area contributed by atoms with Crippen molar-refractivity contribution in [3.05, 3.63) is 52.6 Å². The summed E-state index contributed by atoms with van der Waals surface area (Å²) in [6.45, 7) is 0. The first kappa shape index (κ1) is 20.4. The zero-order chi connectivity index (χ0) is 22.2. The van der Waals surface area contributed by atoms with Gasteiger partial charge in [-0.1, -0.05) is 31.4 Å². The summed E-state index contributed by atoms with van der Waals surface area (Å²) in [5, 5.41) is 9.68. The van der Waals surface area contributed by atoms with E-state index < -0.39 is 0 Å². The molecular formula is C24H26N4O4. The van der Waals surface area contributed by atoms with Crippen molar-refractivity contribution in [1.82, 2.24) is 19.2 Å². The molecule has 4 aromatic rings. The van der Waals surface area contributed by atoms with Crippen LogP contribution in [0.4, 0.5) is 0 Å². The fraction of sp³-hybridized carbons (Fsp3) is 0.375. The Kier molecular flexibility index (Phi) is 5.20. The van der Waals surface area contributed by atoms with Gasteiger partial charge >= 0.3 is 0 Å². The van der Waals surface area contributed by atoms with E-state index in [-0.39, 0.29) is 5.56 Å². The number of nitrogens with zero attached hydrogens (tertiary/aromatic N) is 4. The molecule has 2 aromatic heterocycles. The molecule has 0 atom stereocenters. The second-order valence-electron chi connectivity index (χ2n) is 8.07. The highest BCUT2D eigenvalue weighted by Crippen LogP contribution is 2.40. The van der Waals surface area contributed by atoms with Gasteiger partial charge in [-0.15, -0.1) is 10.2 Å². The summed E-state index contributed by atoms with van der Waals surface area (Å²) < 4.78 is 20.1. The van der Waals surface area contributed by atoms with Crippen LogP contribution in [0.5, 0.6) is 17.2 Å². The number of rotatable bonds is 5. The molecule has 2 aromatic carbocycles. The normalized spacial score (nSPS) is 14.7. The number of fused-ring (bicyclic) bond motifs is 3. The van der Waals surface area contributed by atoms with E-state index in [0.717, 1.165) is 24.2 Å². The Bertz CT molecular complexity index is 1330. The molecule has 0 radical (unpaired) electrons. The van der Waals surface area contributed by atoms with Gasteiger partial charge in [-0.25, -0.2) is 4.57 Å². The van der Waals surface area contributed by atoms with Gasteiger partial charge in [0.25, 0.3) is 5.56 Å². The van der Waals surface area contributed by atoms with E-state index in [0.29, 0.717) is 40.0 Å². The fourth-order valence-corrected chi connectivity index (χ4v) is 4.78. The summed E-state index contributed by atoms with van der Waals surface area (Å²) >= 11 is 0. The average Bonchev–Trinajstić information content (AvgIpc) is 3.29. The van der Waals surface area contributed by atoms with E-state index in [1.54, 1.807) is 38.0 Å². The minimum absolute atomic E-state index is 0.176. The number of hydrogen-bond acceptors (Lipinski definition) is 6. The molecule has 0 aliphatic heterocycles. The Morgan fingerprint density at radius 2 is 1.59 bits per heavy atom. The molecule has 8 heteroatoms. The zero-order valence-electron chi connectivity index (χ0n) is 18.5. The van der Waals surface area contributed by atoms with Gasteiger partial charge in [0, 0.05) is 18.1 Å². The highest BCUT2D eigenvalue weighted by atomic mass is 16.5. The third-order valence-corrected chi connectivity index (χ3v) is 6.33. The van der Waals surface area contributed by atoms with E-state index >= 15 is 0 Å². The first-order valence-electron chi connectivity index (χ1n) is 10.9. The predicted octanol–water partition coefficient (Wildman–Crippen LogP) is 4.11. The van der Waals surface area contributed by atoms with Crippen LogP contribution in [0.15, 0.2) is 41.2 Å². The lowest BCUT2D eigenvalue weighted by atomic mass is 9.89. The van der Waals surface area contributed by atoms with Crippen LogP contribution in [0, 0.1) is 0 Å². The van der Waals surface area contributed by atoms with E-state index in [9.17, 15) is 4.79 Å². The van der Waals surface area contributed by atoms with E-state index in [2.05, 4.69) is 10.2 Å². The van der Waals surface area contributed by atoms with E-state index in [4.69, 9.17) is 14.2 Å². The van der Waals surface area contributed by atoms with Crippen molar-refractivity contribution >= 4 is 16.7 Å². The van der Waals surface area contributed by atoms with E-state index in [1.807, 2.05) is 28.7 Å². The molecule has 0 spiro atoms. The number of methoxy groups -OCH3 is 3. The fourth-order valence-electron chi connectivity index (χ4n) is 4.78. The van der Waals surface area contributed by atoms with Crippen molar-refractivity contribution in [1.29, 1.82) is 0 Å². The predicted molar refractivity (Wildman–Crippen MR) is 122 cm³/mol. The zero-order valence-corrected chi connectivity index (χ0v) is 18.5. The van der Waals surface area contributed by atoms with Gasteiger partial charge in [0.1, 0.15) is 5.82 Å². The van der Waals surface area contributed by atoms with E-state index in [1.165, 1.54) is 19.3 Å². The second kappa shape index (κ2) is 8.18. The molecule has 1 saturated carbocycles. The Balaban J connectivity index is 1.85. The lowest BCUT2D eigenvalue weighted by Crippen LogP contribution is -2.22. The maximum Gasteiger partial charge on any atom is 0.267 e. The van der Waals surface area contributed by atoms with Crippen molar-refractivity contribution in [2.45, 2.75) is 38.0 Å². The Labute approximate surface area is 185 Å². The quantitative estimate of drug-likeness (QED) is 0.470. The Morgan fingerprint density at radius 3 is 2.25 bits per heavy atom. The molecule has 1 fully saturated rings. The lowest BCUT2D eigenvalue weighted by molar-refractivity contribution is 0.324. The molecule has 1 aliphatic carbocycles. The van der Waals surface area contributed by atoms with Gasteiger partial charge in [0.2, 0.25) is 11.5 Å². The largest absolute Gasteiger partial charge is 0.493 e. The summed E-state index contributed by atoms with van der Waals surface area (Å²) in [7, 11) is 4.66. The number of ether oxygens (including phenoxy) is 3. The van der Waals surface area contributed by atoms with Crippen molar-refractivity contribution in [2.24, 2.45) is 0 Å². The number of para-hydroxylation sites is 1. The lowest BCUT2D eigenvalue weighted by Gasteiger charge is -2.21. The van der Waals surface area contributed by atoms with Gasteiger partial charge in [0.15, 0.2) is 11.5 Å². The molecule has 0 bridgehead atoms. The third-order valence-electron chi connectivity index (χ3n) is 6.33. The van der Waals surface area contributed by atoms with Crippen molar-refractivity contribution in [3.63, 3.8) is 0 Å². The third kappa shape index (κ3) is 3.09. The summed E-state index contributed by atoms with van der Waals surface area (Å²) in [5.41, 5.74) is 1.22. The number of aromatic nitrogens is 4. The molecule has 0 unspecified atom stereocenters. The molecular weight excluding hydrogens is 408 g/mol. The van der Waals surface area contributed by atoms with Crippen LogP contribution < -0.4 is 19.8 Å². The minimum atomic E-state index is -0.176. The van der Waals surface area contributed by atoms with Crippen LogP contribution in [0.3, 0.4) is 0 Å². The highest BCUT2D eigenvalue weighted by molar-refractivity contribution is 5.81. The Morgan fingerprint density at radius 1 is 0.906 bits per heavy atom. The molecule has 5 rings (SSSR count). The standard InChI is InChI=1S/C24H26N4O4/c1-30-19-13-16(14-20(31-2)21(19)32-3)27-23(29)17-11-7-8-12-18(17)28-22(25-26-24(27)28)15-9-5-4-6-10-15/h7-8,11-15H,4-6,9-10H2,1-3H3. The smallest absolute Gasteiger partial charge is 0.267 e. The van der Waals surface area contributed by atoms with Crippen molar-refractivity contribution in [2.75, 3.05) is 21.3 Å². The molecule has 8 nitrogen and oxygen atoms in total. The van der Waals surface area contributed by atoms with Crippen LogP contribution >= 0.6 is 0 Å². The minimum Gasteiger partial charge on any atom is -0.493 e. The van der Waals surface area contributed by atoms with Crippen LogP contribution in [-0.4, -0.2) is 40.5 Å². The van der Waals surface area contributed by atoms with Crippen molar-refractivity contribution < 1.29 is 14.2 Å². The van der Waals surface area contributed by atoms with Crippen LogP contribution in [0.25, 0.3) is 22.4 Å². The van der Waals surface area contributed by atoms with Gasteiger partial charge in [0.05, 0.1) is 37.9 Å². The number of benzene rings is 2. The molecule has 0 N–H and O–H groups in total. The van der Waals surface area contributed by atoms with Crippen LogP contribution in [-0.2, 0) is 0 Å². The SMILES string of the molecule is COc1cc(-n2c(=O)c3ccccc3n3c(C4CCCCC4)nnc23)cc(OC)c1OC. The molecule has 0 saturated heterocycles. The average molecular weight is 434 g/mol. The van der Waals surface area contributed by atoms with Crippen LogP contribution in [0.1, 0.15) is 43.8 Å². The van der Waals surface area contributed by atoms with Gasteiger partial charge in [-0.3, -0.25) is 9.20 Å². The molecule has 32 heavy (non-hydrogen) atoms. The highest BCUT2D eigenvalue weighted by Gasteiger charge is 2.25. The first-order chi connectivity index (χ1) is 15.7. The van der Waals surface area contributed by atoms with Gasteiger partial charge in [-0.2, -0.15) is 0 Å². The summed E-state index contributed by atoms with van der Waals surface area (Å²) in [6.07, 6.45) is 5.79. The monoisotopic (exact) mass is 434 g/mol. The second-order valence-corrected chi connectivity index (χ2v) is 8.07. The first-order valence-corrected chi connectivity index (χ1v) is 10.9. The molecule has 166 valence electrons. The van der Waals surface area contributed by atoms with Crippen LogP contribution in [0.2, 0.25) is 0 Å². The topological polar surface area (TPSA) is 79.9 Å². The molecule has 0 amide bonds. The summed E-state index contributed by atoms with van der Waals surface area (Å²) in [6, 6.07) is 11.1. The number of hydrogen-bond donors (Lipinski definition) is 0. The molecule has 1 aliphatic rings. The maximum atomic E-state index is 13.7. The summed E-state index contributed by atoms with van der Waals surface area (Å²) in [4.78, 5) is 13.7. The Hall–Kier alpha value is -3.55.